The summed E-state index contributed by atoms with van der Waals surface area (Å²) in [4.78, 5) is 39.2. The van der Waals surface area contributed by atoms with Crippen molar-refractivity contribution >= 4 is 45.1 Å². The van der Waals surface area contributed by atoms with Crippen molar-refractivity contribution in [1.29, 1.82) is 0 Å². The van der Waals surface area contributed by atoms with Gasteiger partial charge >= 0.3 is 5.97 Å². The minimum atomic E-state index is -3.98. The molecular formula is C18H18ClN3O6S. The van der Waals surface area contributed by atoms with E-state index < -0.39 is 33.9 Å². The highest BCUT2D eigenvalue weighted by Crippen LogP contribution is 2.17. The highest BCUT2D eigenvalue weighted by molar-refractivity contribution is 7.90. The molecule has 2 aromatic rings. The molecule has 0 saturated heterocycles. The van der Waals surface area contributed by atoms with Crippen molar-refractivity contribution in [2.45, 2.75) is 31.3 Å². The first kappa shape index (κ1) is 22.3. The Balaban J connectivity index is 2.07. The molecule has 154 valence electrons. The zero-order valence-electron chi connectivity index (χ0n) is 15.5. The van der Waals surface area contributed by atoms with Crippen molar-refractivity contribution in [3.8, 4) is 0 Å². The number of rotatable bonds is 7. The van der Waals surface area contributed by atoms with Gasteiger partial charge in [0, 0.05) is 18.8 Å². The molecule has 0 radical (unpaired) electrons. The fourth-order valence-corrected chi connectivity index (χ4v) is 3.43. The number of carbonyl (C=O) groups is 3. The minimum absolute atomic E-state index is 0.0351. The third-order valence-electron chi connectivity index (χ3n) is 3.60. The first-order valence-corrected chi connectivity index (χ1v) is 10.3. The van der Waals surface area contributed by atoms with E-state index >= 15 is 0 Å². The Morgan fingerprint density at radius 3 is 2.38 bits per heavy atom. The van der Waals surface area contributed by atoms with Gasteiger partial charge in [0.25, 0.3) is 15.9 Å². The summed E-state index contributed by atoms with van der Waals surface area (Å²) >= 11 is 5.85. The van der Waals surface area contributed by atoms with E-state index in [1.807, 2.05) is 4.72 Å². The van der Waals surface area contributed by atoms with Gasteiger partial charge in [0.15, 0.2) is 6.10 Å². The standard InChI is InChI=1S/C18H18ClN3O6S/c1-3-15(28-18(25)14-5-4-10-20-16(14)19)17(24)21-12-6-8-13(9-7-12)29(26,27)22-11(2)23/h4-10,15H,3H2,1-2H3,(H,21,24)(H,22,23). The second-order valence-electron chi connectivity index (χ2n) is 5.82. The molecule has 1 heterocycles. The molecule has 0 fully saturated rings. The van der Waals surface area contributed by atoms with Gasteiger partial charge in [-0.05, 0) is 42.8 Å². The molecule has 11 heteroatoms. The molecule has 1 aromatic heterocycles. The van der Waals surface area contributed by atoms with Crippen molar-refractivity contribution in [3.05, 3.63) is 53.3 Å². The lowest BCUT2D eigenvalue weighted by Crippen LogP contribution is -2.32. The molecule has 2 rings (SSSR count). The number of nitrogens with one attached hydrogen (secondary N) is 2. The van der Waals surface area contributed by atoms with Crippen molar-refractivity contribution in [2.24, 2.45) is 0 Å². The van der Waals surface area contributed by atoms with Gasteiger partial charge in [-0.2, -0.15) is 0 Å². The Labute approximate surface area is 172 Å². The molecule has 1 unspecified atom stereocenters. The van der Waals surface area contributed by atoms with Crippen LogP contribution in [-0.4, -0.2) is 37.3 Å². The number of ether oxygens (including phenoxy) is 1. The van der Waals surface area contributed by atoms with Gasteiger partial charge in [-0.15, -0.1) is 0 Å². The number of aromatic nitrogens is 1. The summed E-state index contributed by atoms with van der Waals surface area (Å²) in [5, 5.41) is 2.50. The summed E-state index contributed by atoms with van der Waals surface area (Å²) in [6, 6.07) is 8.08. The van der Waals surface area contributed by atoms with E-state index in [0.717, 1.165) is 6.92 Å². The van der Waals surface area contributed by atoms with Crippen LogP contribution in [0.15, 0.2) is 47.5 Å². The summed E-state index contributed by atoms with van der Waals surface area (Å²) in [6.07, 6.45) is 0.519. The molecule has 0 aliphatic heterocycles. The molecule has 0 aliphatic carbocycles. The topological polar surface area (TPSA) is 132 Å². The van der Waals surface area contributed by atoms with Crippen LogP contribution in [0.5, 0.6) is 0 Å². The van der Waals surface area contributed by atoms with Crippen molar-refractivity contribution in [2.75, 3.05) is 5.32 Å². The molecule has 9 nitrogen and oxygen atoms in total. The number of hydrogen-bond acceptors (Lipinski definition) is 7. The van der Waals surface area contributed by atoms with Crippen LogP contribution < -0.4 is 10.0 Å². The van der Waals surface area contributed by atoms with Gasteiger partial charge in [-0.1, -0.05) is 18.5 Å². The lowest BCUT2D eigenvalue weighted by atomic mass is 10.2. The summed E-state index contributed by atoms with van der Waals surface area (Å²) in [5.41, 5.74) is 0.318. The van der Waals surface area contributed by atoms with Crippen LogP contribution in [0, 0.1) is 0 Å². The largest absolute Gasteiger partial charge is 0.449 e. The molecule has 1 aromatic carbocycles. The Morgan fingerprint density at radius 1 is 1.17 bits per heavy atom. The molecule has 1 atom stereocenters. The summed E-state index contributed by atoms with van der Waals surface area (Å²) in [6.45, 7) is 2.74. The van der Waals surface area contributed by atoms with E-state index in [1.165, 1.54) is 42.6 Å². The zero-order valence-corrected chi connectivity index (χ0v) is 17.1. The number of hydrogen-bond donors (Lipinski definition) is 2. The van der Waals surface area contributed by atoms with Gasteiger partial charge < -0.3 is 10.1 Å². The summed E-state index contributed by atoms with van der Waals surface area (Å²) in [7, 11) is -3.98. The van der Waals surface area contributed by atoms with E-state index in [9.17, 15) is 22.8 Å². The molecule has 29 heavy (non-hydrogen) atoms. The first-order valence-electron chi connectivity index (χ1n) is 8.40. The molecule has 2 amide bonds. The van der Waals surface area contributed by atoms with Crippen molar-refractivity contribution in [1.82, 2.24) is 9.71 Å². The molecule has 0 aliphatic rings. The summed E-state index contributed by atoms with van der Waals surface area (Å²) < 4.78 is 30.9. The number of halogens is 1. The fraction of sp³-hybridized carbons (Fsp3) is 0.222. The van der Waals surface area contributed by atoms with Crippen LogP contribution in [0.1, 0.15) is 30.6 Å². The second-order valence-corrected chi connectivity index (χ2v) is 7.86. The second kappa shape index (κ2) is 9.48. The Hall–Kier alpha value is -2.98. The molecule has 0 spiro atoms. The number of anilines is 1. The molecule has 0 saturated carbocycles. The maximum Gasteiger partial charge on any atom is 0.342 e. The predicted molar refractivity (Wildman–Crippen MR) is 105 cm³/mol. The zero-order chi connectivity index (χ0) is 21.6. The van der Waals surface area contributed by atoms with Gasteiger partial charge in [0.1, 0.15) is 5.15 Å². The number of amides is 2. The van der Waals surface area contributed by atoms with Gasteiger partial charge in [-0.25, -0.2) is 22.9 Å². The Kier molecular flexibility index (Phi) is 7.29. The number of sulfonamides is 1. The van der Waals surface area contributed by atoms with E-state index in [4.69, 9.17) is 16.3 Å². The Bertz CT molecular complexity index is 1020. The van der Waals surface area contributed by atoms with E-state index in [0.29, 0.717) is 0 Å². The van der Waals surface area contributed by atoms with Crippen LogP contribution in [0.2, 0.25) is 5.15 Å². The van der Waals surface area contributed by atoms with Crippen molar-refractivity contribution < 1.29 is 27.5 Å². The van der Waals surface area contributed by atoms with Gasteiger partial charge in [0.05, 0.1) is 10.5 Å². The number of nitrogens with zero attached hydrogens (tertiary/aromatic N) is 1. The fourth-order valence-electron chi connectivity index (χ4n) is 2.24. The van der Waals surface area contributed by atoms with Crippen molar-refractivity contribution in [3.63, 3.8) is 0 Å². The van der Waals surface area contributed by atoms with Gasteiger partial charge in [-0.3, -0.25) is 9.59 Å². The number of benzene rings is 1. The average Bonchev–Trinajstić information content (AvgIpc) is 2.65. The third kappa shape index (κ3) is 6.00. The quantitative estimate of drug-likeness (QED) is 0.499. The highest BCUT2D eigenvalue weighted by Gasteiger charge is 2.24. The number of pyridine rings is 1. The van der Waals surface area contributed by atoms with E-state index in [1.54, 1.807) is 6.92 Å². The minimum Gasteiger partial charge on any atom is -0.449 e. The maximum atomic E-state index is 12.4. The highest BCUT2D eigenvalue weighted by atomic mass is 35.5. The average molecular weight is 440 g/mol. The smallest absolute Gasteiger partial charge is 0.342 e. The molecular weight excluding hydrogens is 422 g/mol. The normalized spacial score (nSPS) is 12.0. The number of carbonyl (C=O) groups excluding carboxylic acids is 3. The number of esters is 1. The third-order valence-corrected chi connectivity index (χ3v) is 5.35. The lowest BCUT2D eigenvalue weighted by molar-refractivity contribution is -0.124. The van der Waals surface area contributed by atoms with Crippen LogP contribution in [-0.2, 0) is 24.3 Å². The molecule has 2 N–H and O–H groups in total. The SMILES string of the molecule is CCC(OC(=O)c1cccnc1Cl)C(=O)Nc1ccc(S(=O)(=O)NC(C)=O)cc1. The van der Waals surface area contributed by atoms with Crippen LogP contribution in [0.4, 0.5) is 5.69 Å². The molecule has 0 bridgehead atoms. The lowest BCUT2D eigenvalue weighted by Gasteiger charge is -2.16. The van der Waals surface area contributed by atoms with Crippen LogP contribution in [0.25, 0.3) is 0 Å². The first-order chi connectivity index (χ1) is 13.6. The van der Waals surface area contributed by atoms with Crippen LogP contribution >= 0.6 is 11.6 Å². The van der Waals surface area contributed by atoms with E-state index in [2.05, 4.69) is 10.3 Å². The monoisotopic (exact) mass is 439 g/mol. The maximum absolute atomic E-state index is 12.4. The Morgan fingerprint density at radius 2 is 1.83 bits per heavy atom. The van der Waals surface area contributed by atoms with Crippen LogP contribution in [0.3, 0.4) is 0 Å². The van der Waals surface area contributed by atoms with E-state index in [-0.39, 0.29) is 27.7 Å². The summed E-state index contributed by atoms with van der Waals surface area (Å²) in [5.74, 6) is -2.11. The van der Waals surface area contributed by atoms with Gasteiger partial charge in [0.2, 0.25) is 5.91 Å². The predicted octanol–water partition coefficient (Wildman–Crippen LogP) is 2.13.